The van der Waals surface area contributed by atoms with Crippen LogP contribution in [0.1, 0.15) is 5.76 Å². The number of carbonyl (C=O) groups excluding carboxylic acids is 2. The lowest BCUT2D eigenvalue weighted by Gasteiger charge is -2.31. The van der Waals surface area contributed by atoms with Crippen LogP contribution in [-0.2, 0) is 9.59 Å². The van der Waals surface area contributed by atoms with Crippen LogP contribution in [0.3, 0.4) is 0 Å². The van der Waals surface area contributed by atoms with Gasteiger partial charge in [0.05, 0.1) is 5.02 Å². The van der Waals surface area contributed by atoms with E-state index in [1.165, 1.54) is 30.0 Å². The fourth-order valence-corrected chi connectivity index (χ4v) is 3.05. The smallest absolute Gasteiger partial charge is 0.265 e. The number of nitrogens with zero attached hydrogens (tertiary/aromatic N) is 2. The fourth-order valence-electron chi connectivity index (χ4n) is 2.38. The first-order valence-corrected chi connectivity index (χ1v) is 8.33. The quantitative estimate of drug-likeness (QED) is 0.440. The molecule has 1 aromatic carbocycles. The lowest BCUT2D eigenvalue weighted by molar-refractivity contribution is -0.132. The van der Waals surface area contributed by atoms with E-state index in [1.807, 2.05) is 0 Å². The van der Waals surface area contributed by atoms with Crippen molar-refractivity contribution in [2.45, 2.75) is 0 Å². The summed E-state index contributed by atoms with van der Waals surface area (Å²) >= 11 is 17.1. The van der Waals surface area contributed by atoms with Crippen LogP contribution < -0.4 is 0 Å². The van der Waals surface area contributed by atoms with Gasteiger partial charge in [-0.3, -0.25) is 19.4 Å². The second-order valence-corrected chi connectivity index (χ2v) is 6.60. The van der Waals surface area contributed by atoms with Crippen LogP contribution in [-0.4, -0.2) is 40.8 Å². The molecule has 128 valence electrons. The number of furan rings is 1. The molecule has 2 aromatic rings. The summed E-state index contributed by atoms with van der Waals surface area (Å²) in [6.07, 6.45) is 1.40. The van der Waals surface area contributed by atoms with Gasteiger partial charge in [0.15, 0.2) is 5.11 Å². The lowest BCUT2D eigenvalue weighted by atomic mass is 10.1. The minimum atomic E-state index is -0.476. The first-order chi connectivity index (χ1) is 11.8. The second-order valence-electron chi connectivity index (χ2n) is 5.40. The summed E-state index contributed by atoms with van der Waals surface area (Å²) < 4.78 is 5.71. The first kappa shape index (κ1) is 17.7. The Morgan fingerprint density at radius 1 is 1.04 bits per heavy atom. The molecular weight excluding hydrogens is 383 g/mol. The number of rotatable bonds is 2. The van der Waals surface area contributed by atoms with Gasteiger partial charge in [0.1, 0.15) is 17.1 Å². The molecule has 2 heterocycles. The van der Waals surface area contributed by atoms with Gasteiger partial charge in [-0.2, -0.15) is 0 Å². The van der Waals surface area contributed by atoms with Gasteiger partial charge in [-0.05, 0) is 48.6 Å². The Morgan fingerprint density at radius 2 is 1.68 bits per heavy atom. The summed E-state index contributed by atoms with van der Waals surface area (Å²) in [6, 6.07) is 8.40. The van der Waals surface area contributed by atoms with E-state index in [-0.39, 0.29) is 10.7 Å². The fraction of sp³-hybridized carbons (Fsp3) is 0.118. The molecule has 0 unspecified atom stereocenters. The van der Waals surface area contributed by atoms with Crippen LogP contribution in [0, 0.1) is 0 Å². The minimum absolute atomic E-state index is 0.0262. The lowest BCUT2D eigenvalue weighted by Crippen LogP contribution is -2.52. The van der Waals surface area contributed by atoms with Crippen molar-refractivity contribution in [3.8, 4) is 11.3 Å². The van der Waals surface area contributed by atoms with E-state index in [1.54, 1.807) is 30.3 Å². The number of likely N-dealkylation sites (N-methyl/N-ethyl adjacent to an activating group) is 2. The highest BCUT2D eigenvalue weighted by Crippen LogP contribution is 2.32. The number of benzene rings is 1. The SMILES string of the molecule is CN1C(=O)C(=Cc2ccc(-c3ccc(Cl)cc3Cl)o2)C(=O)N(C)C1=S. The standard InChI is InChI=1S/C17H12Cl2N2O3S/c1-20-15(22)12(16(23)21(2)17(20)25)8-10-4-6-14(24-10)11-5-3-9(18)7-13(11)19/h3-8H,1-2H3. The van der Waals surface area contributed by atoms with Crippen LogP contribution in [0.15, 0.2) is 40.3 Å². The highest BCUT2D eigenvalue weighted by atomic mass is 35.5. The maximum Gasteiger partial charge on any atom is 0.265 e. The van der Waals surface area contributed by atoms with Gasteiger partial charge in [0.25, 0.3) is 11.8 Å². The van der Waals surface area contributed by atoms with Crippen LogP contribution in [0.25, 0.3) is 17.4 Å². The molecule has 25 heavy (non-hydrogen) atoms. The molecule has 8 heteroatoms. The van der Waals surface area contributed by atoms with E-state index < -0.39 is 11.8 Å². The molecule has 1 fully saturated rings. The van der Waals surface area contributed by atoms with Gasteiger partial charge in [-0.1, -0.05) is 23.2 Å². The van der Waals surface area contributed by atoms with Crippen molar-refractivity contribution < 1.29 is 14.0 Å². The van der Waals surface area contributed by atoms with E-state index in [0.717, 1.165) is 0 Å². The van der Waals surface area contributed by atoms with Crippen molar-refractivity contribution in [3.63, 3.8) is 0 Å². The predicted octanol–water partition coefficient (Wildman–Crippen LogP) is 3.85. The minimum Gasteiger partial charge on any atom is -0.457 e. The summed E-state index contributed by atoms with van der Waals surface area (Å²) in [7, 11) is 3.03. The van der Waals surface area contributed by atoms with Crippen molar-refractivity contribution in [1.29, 1.82) is 0 Å². The van der Waals surface area contributed by atoms with Crippen molar-refractivity contribution >= 4 is 58.4 Å². The molecule has 0 atom stereocenters. The molecule has 2 amide bonds. The van der Waals surface area contributed by atoms with Crippen molar-refractivity contribution in [1.82, 2.24) is 9.80 Å². The third-order valence-corrected chi connectivity index (χ3v) is 4.85. The molecule has 0 radical (unpaired) electrons. The van der Waals surface area contributed by atoms with Crippen LogP contribution in [0.2, 0.25) is 10.0 Å². The van der Waals surface area contributed by atoms with Gasteiger partial charge >= 0.3 is 0 Å². The molecular formula is C17H12Cl2N2O3S. The van der Waals surface area contributed by atoms with E-state index in [0.29, 0.717) is 27.1 Å². The Balaban J connectivity index is 1.97. The van der Waals surface area contributed by atoms with Crippen LogP contribution >= 0.6 is 35.4 Å². The van der Waals surface area contributed by atoms with E-state index in [4.69, 9.17) is 39.8 Å². The molecule has 1 saturated heterocycles. The van der Waals surface area contributed by atoms with Gasteiger partial charge in [-0.25, -0.2) is 0 Å². The Kier molecular flexibility index (Phi) is 4.69. The molecule has 1 aliphatic rings. The van der Waals surface area contributed by atoms with E-state index >= 15 is 0 Å². The molecule has 0 aliphatic carbocycles. The average Bonchev–Trinajstić information content (AvgIpc) is 3.03. The summed E-state index contributed by atoms with van der Waals surface area (Å²) in [4.78, 5) is 27.1. The third-order valence-electron chi connectivity index (χ3n) is 3.75. The zero-order chi connectivity index (χ0) is 18.3. The monoisotopic (exact) mass is 394 g/mol. The maximum atomic E-state index is 12.3. The summed E-state index contributed by atoms with van der Waals surface area (Å²) in [6.45, 7) is 0. The molecule has 0 saturated carbocycles. The molecule has 0 spiro atoms. The molecule has 5 nitrogen and oxygen atoms in total. The Morgan fingerprint density at radius 3 is 2.28 bits per heavy atom. The number of hydrogen-bond donors (Lipinski definition) is 0. The molecule has 1 aromatic heterocycles. The Labute approximate surface area is 159 Å². The second kappa shape index (κ2) is 6.63. The highest BCUT2D eigenvalue weighted by Gasteiger charge is 2.35. The number of thiocarbonyl (C=S) groups is 1. The van der Waals surface area contributed by atoms with E-state index in [9.17, 15) is 9.59 Å². The largest absolute Gasteiger partial charge is 0.457 e. The zero-order valence-corrected chi connectivity index (χ0v) is 15.6. The number of halogens is 2. The molecule has 3 rings (SSSR count). The summed E-state index contributed by atoms with van der Waals surface area (Å²) in [5, 5.41) is 1.11. The van der Waals surface area contributed by atoms with Crippen molar-refractivity contribution in [2.75, 3.05) is 14.1 Å². The predicted molar refractivity (Wildman–Crippen MR) is 100 cm³/mol. The van der Waals surface area contributed by atoms with Crippen LogP contribution in [0.5, 0.6) is 0 Å². The summed E-state index contributed by atoms with van der Waals surface area (Å²) in [5.41, 5.74) is 0.633. The Hall–Kier alpha value is -2.15. The van der Waals surface area contributed by atoms with Crippen molar-refractivity contribution in [3.05, 3.63) is 51.7 Å². The van der Waals surface area contributed by atoms with Gasteiger partial charge < -0.3 is 4.42 Å². The molecule has 0 N–H and O–H groups in total. The molecule has 0 bridgehead atoms. The normalized spacial score (nSPS) is 15.2. The van der Waals surface area contributed by atoms with Gasteiger partial charge in [0.2, 0.25) is 0 Å². The number of hydrogen-bond acceptors (Lipinski definition) is 4. The topological polar surface area (TPSA) is 53.8 Å². The van der Waals surface area contributed by atoms with Crippen LogP contribution in [0.4, 0.5) is 0 Å². The number of amides is 2. The van der Waals surface area contributed by atoms with Gasteiger partial charge in [0, 0.05) is 24.7 Å². The highest BCUT2D eigenvalue weighted by molar-refractivity contribution is 7.80. The average molecular weight is 395 g/mol. The Bertz CT molecular complexity index is 910. The zero-order valence-electron chi connectivity index (χ0n) is 13.2. The maximum absolute atomic E-state index is 12.3. The third kappa shape index (κ3) is 3.20. The van der Waals surface area contributed by atoms with Gasteiger partial charge in [-0.15, -0.1) is 0 Å². The summed E-state index contributed by atoms with van der Waals surface area (Å²) in [5.74, 6) is -0.0973. The van der Waals surface area contributed by atoms with Crippen molar-refractivity contribution in [2.24, 2.45) is 0 Å². The molecule has 1 aliphatic heterocycles. The first-order valence-electron chi connectivity index (χ1n) is 7.16. The van der Waals surface area contributed by atoms with E-state index in [2.05, 4.69) is 0 Å². The number of carbonyl (C=O) groups is 2.